The molecule has 5 heteroatoms. The molecule has 0 saturated heterocycles. The van der Waals surface area contributed by atoms with Crippen LogP contribution in [0.25, 0.3) is 10.9 Å². The minimum absolute atomic E-state index is 0.257. The summed E-state index contributed by atoms with van der Waals surface area (Å²) in [6.45, 7) is 3.46. The van der Waals surface area contributed by atoms with Gasteiger partial charge in [0.05, 0.1) is 11.1 Å². The Morgan fingerprint density at radius 2 is 1.80 bits per heavy atom. The van der Waals surface area contributed by atoms with Crippen LogP contribution in [0.2, 0.25) is 0 Å². The summed E-state index contributed by atoms with van der Waals surface area (Å²) in [5.41, 5.74) is 3.39. The molecule has 0 saturated carbocycles. The van der Waals surface area contributed by atoms with Crippen molar-refractivity contribution in [3.8, 4) is 0 Å². The van der Waals surface area contributed by atoms with E-state index in [4.69, 9.17) is 4.74 Å². The van der Waals surface area contributed by atoms with Crippen LogP contribution in [-0.4, -0.2) is 23.3 Å². The number of esters is 1. The van der Waals surface area contributed by atoms with Crippen molar-refractivity contribution < 1.29 is 14.3 Å². The lowest BCUT2D eigenvalue weighted by Gasteiger charge is -2.09. The Hall–Kier alpha value is -2.53. The first kappa shape index (κ1) is 17.3. The molecule has 3 rings (SSSR count). The molecule has 0 radical (unpaired) electrons. The molecule has 0 fully saturated rings. The van der Waals surface area contributed by atoms with Gasteiger partial charge in [-0.3, -0.25) is 9.78 Å². The third-order valence-corrected chi connectivity index (χ3v) is 4.51. The summed E-state index contributed by atoms with van der Waals surface area (Å²) in [5, 5.41) is 0.726. The van der Waals surface area contributed by atoms with E-state index in [9.17, 15) is 9.59 Å². The van der Waals surface area contributed by atoms with E-state index in [1.807, 2.05) is 38.1 Å². The first-order valence-corrected chi connectivity index (χ1v) is 8.58. The fraction of sp³-hybridized carbons (Fsp3) is 0.150. The van der Waals surface area contributed by atoms with Crippen molar-refractivity contribution in [1.82, 2.24) is 4.98 Å². The van der Waals surface area contributed by atoms with Gasteiger partial charge in [0.25, 0.3) is 0 Å². The summed E-state index contributed by atoms with van der Waals surface area (Å²) < 4.78 is 5.94. The van der Waals surface area contributed by atoms with Crippen LogP contribution in [0.4, 0.5) is 0 Å². The Morgan fingerprint density at radius 3 is 2.56 bits per heavy atom. The molecule has 3 aromatic rings. The molecule has 0 atom stereocenters. The molecule has 0 aliphatic rings. The van der Waals surface area contributed by atoms with Gasteiger partial charge in [0.1, 0.15) is 0 Å². The fourth-order valence-electron chi connectivity index (χ4n) is 2.61. The molecule has 0 aliphatic heterocycles. The van der Waals surface area contributed by atoms with E-state index in [2.05, 4.69) is 20.9 Å². The van der Waals surface area contributed by atoms with E-state index in [-0.39, 0.29) is 12.4 Å². The van der Waals surface area contributed by atoms with Gasteiger partial charge in [0, 0.05) is 21.1 Å². The van der Waals surface area contributed by atoms with E-state index in [1.54, 1.807) is 24.3 Å². The highest BCUT2D eigenvalue weighted by Crippen LogP contribution is 2.21. The summed E-state index contributed by atoms with van der Waals surface area (Å²) in [6, 6.07) is 14.5. The van der Waals surface area contributed by atoms with Gasteiger partial charge >= 0.3 is 5.97 Å². The van der Waals surface area contributed by atoms with Crippen LogP contribution in [-0.2, 0) is 4.74 Å². The molecule has 1 heterocycles. The van der Waals surface area contributed by atoms with Gasteiger partial charge < -0.3 is 4.74 Å². The Labute approximate surface area is 154 Å². The molecule has 2 aromatic carbocycles. The summed E-state index contributed by atoms with van der Waals surface area (Å²) in [5.74, 6) is -0.784. The number of pyridine rings is 1. The van der Waals surface area contributed by atoms with Gasteiger partial charge in [-0.15, -0.1) is 0 Å². The predicted octanol–water partition coefficient (Wildman–Crippen LogP) is 4.65. The number of ketones is 1. The molecule has 0 unspecified atom stereocenters. The third-order valence-electron chi connectivity index (χ3n) is 3.82. The predicted molar refractivity (Wildman–Crippen MR) is 100.0 cm³/mol. The van der Waals surface area contributed by atoms with Crippen LogP contribution < -0.4 is 0 Å². The van der Waals surface area contributed by atoms with Gasteiger partial charge in [-0.1, -0.05) is 45.8 Å². The summed E-state index contributed by atoms with van der Waals surface area (Å²) in [4.78, 5) is 29.2. The number of hydrogen-bond donors (Lipinski definition) is 0. The van der Waals surface area contributed by atoms with E-state index in [1.165, 1.54) is 0 Å². The quantitative estimate of drug-likeness (QED) is 0.474. The second-order valence-electron chi connectivity index (χ2n) is 5.81. The minimum atomic E-state index is -0.526. The molecule has 4 nitrogen and oxygen atoms in total. The van der Waals surface area contributed by atoms with Crippen LogP contribution in [0.1, 0.15) is 32.0 Å². The third kappa shape index (κ3) is 3.77. The Morgan fingerprint density at radius 1 is 1.04 bits per heavy atom. The number of ether oxygens (including phenoxy) is 1. The Balaban J connectivity index is 1.84. The van der Waals surface area contributed by atoms with E-state index in [0.29, 0.717) is 15.6 Å². The number of rotatable bonds is 4. The molecule has 0 aliphatic carbocycles. The molecule has 0 bridgehead atoms. The largest absolute Gasteiger partial charge is 0.454 e. The van der Waals surface area contributed by atoms with Crippen LogP contribution in [0.3, 0.4) is 0 Å². The van der Waals surface area contributed by atoms with Gasteiger partial charge in [-0.05, 0) is 38.1 Å². The average Bonchev–Trinajstić information content (AvgIpc) is 2.59. The number of Topliss-reactive ketones (excluding diaryl/α,β-unsaturated/α-hetero) is 1. The maximum absolute atomic E-state index is 12.5. The topological polar surface area (TPSA) is 56.3 Å². The number of nitrogens with zero attached hydrogens (tertiary/aromatic N) is 1. The summed E-state index contributed by atoms with van der Waals surface area (Å²) in [7, 11) is 0. The number of carbonyl (C=O) groups is 2. The lowest BCUT2D eigenvalue weighted by molar-refractivity contribution is 0.0476. The monoisotopic (exact) mass is 397 g/mol. The van der Waals surface area contributed by atoms with Gasteiger partial charge in [-0.2, -0.15) is 0 Å². The number of aromatic nitrogens is 1. The van der Waals surface area contributed by atoms with Crippen molar-refractivity contribution in [3.63, 3.8) is 0 Å². The van der Waals surface area contributed by atoms with Crippen molar-refractivity contribution in [2.75, 3.05) is 6.61 Å². The number of hydrogen-bond acceptors (Lipinski definition) is 4. The molecule has 0 N–H and O–H groups in total. The number of fused-ring (bicyclic) bond motifs is 1. The second-order valence-corrected chi connectivity index (χ2v) is 6.67. The normalized spacial score (nSPS) is 10.7. The lowest BCUT2D eigenvalue weighted by Crippen LogP contribution is -2.15. The van der Waals surface area contributed by atoms with Crippen LogP contribution >= 0.6 is 15.9 Å². The molecule has 1 aromatic heterocycles. The first-order chi connectivity index (χ1) is 12.0. The Bertz CT molecular complexity index is 982. The van der Waals surface area contributed by atoms with Gasteiger partial charge in [-0.25, -0.2) is 4.79 Å². The fourth-order valence-corrected chi connectivity index (χ4v) is 3.12. The average molecular weight is 398 g/mol. The van der Waals surface area contributed by atoms with Crippen molar-refractivity contribution in [2.24, 2.45) is 0 Å². The number of carbonyl (C=O) groups excluding carboxylic acids is 2. The number of halogens is 1. The molecule has 126 valence electrons. The maximum atomic E-state index is 12.5. The Kier molecular flexibility index (Phi) is 4.95. The SMILES string of the molecule is Cc1ccc2nc(C)cc(C(=O)OCC(=O)c3ccccc3Br)c2c1. The molecule has 0 spiro atoms. The van der Waals surface area contributed by atoms with E-state index < -0.39 is 5.97 Å². The second kappa shape index (κ2) is 7.15. The zero-order valence-corrected chi connectivity index (χ0v) is 15.5. The summed E-state index contributed by atoms with van der Waals surface area (Å²) >= 11 is 3.33. The van der Waals surface area contributed by atoms with Crippen molar-refractivity contribution in [1.29, 1.82) is 0 Å². The standard InChI is InChI=1S/C20H16BrNO3/c1-12-7-8-18-15(9-12)16(10-13(2)22-18)20(24)25-11-19(23)14-5-3-4-6-17(14)21/h3-10H,11H2,1-2H3. The van der Waals surface area contributed by atoms with Crippen molar-refractivity contribution in [2.45, 2.75) is 13.8 Å². The minimum Gasteiger partial charge on any atom is -0.454 e. The molecule has 0 amide bonds. The van der Waals surface area contributed by atoms with Gasteiger partial charge in [0.2, 0.25) is 5.78 Å². The highest BCUT2D eigenvalue weighted by atomic mass is 79.9. The number of benzene rings is 2. The zero-order valence-electron chi connectivity index (χ0n) is 13.9. The highest BCUT2D eigenvalue weighted by Gasteiger charge is 2.17. The van der Waals surface area contributed by atoms with Crippen molar-refractivity contribution >= 4 is 38.6 Å². The lowest BCUT2D eigenvalue weighted by atomic mass is 10.1. The van der Waals surface area contributed by atoms with E-state index in [0.717, 1.165) is 22.2 Å². The molecular formula is C20H16BrNO3. The first-order valence-electron chi connectivity index (χ1n) is 7.78. The van der Waals surface area contributed by atoms with Crippen molar-refractivity contribution in [3.05, 3.63) is 75.4 Å². The molecule has 25 heavy (non-hydrogen) atoms. The van der Waals surface area contributed by atoms with Crippen LogP contribution in [0.5, 0.6) is 0 Å². The van der Waals surface area contributed by atoms with E-state index >= 15 is 0 Å². The van der Waals surface area contributed by atoms with Gasteiger partial charge in [0.15, 0.2) is 6.61 Å². The zero-order chi connectivity index (χ0) is 18.0. The molecular weight excluding hydrogens is 382 g/mol. The maximum Gasteiger partial charge on any atom is 0.339 e. The number of aryl methyl sites for hydroxylation is 2. The summed E-state index contributed by atoms with van der Waals surface area (Å²) in [6.07, 6.45) is 0. The smallest absolute Gasteiger partial charge is 0.339 e. The highest BCUT2D eigenvalue weighted by molar-refractivity contribution is 9.10. The van der Waals surface area contributed by atoms with Crippen LogP contribution in [0, 0.1) is 13.8 Å². The van der Waals surface area contributed by atoms with Crippen LogP contribution in [0.15, 0.2) is 53.0 Å².